The summed E-state index contributed by atoms with van der Waals surface area (Å²) in [4.78, 5) is 22.4. The van der Waals surface area contributed by atoms with E-state index in [0.717, 1.165) is 11.3 Å². The molecule has 0 unspecified atom stereocenters. The van der Waals surface area contributed by atoms with Gasteiger partial charge in [0.25, 0.3) is 0 Å². The number of hydrogen-bond acceptors (Lipinski definition) is 6. The number of aryl methyl sites for hydroxylation is 1. The molecule has 1 saturated heterocycles. The Labute approximate surface area is 144 Å². The lowest BCUT2D eigenvalue weighted by Gasteiger charge is -2.37. The summed E-state index contributed by atoms with van der Waals surface area (Å²) in [5, 5.41) is 16.0. The molecule has 3 heterocycles. The Balaban J connectivity index is 1.54. The Morgan fingerprint density at radius 1 is 1.46 bits per heavy atom. The van der Waals surface area contributed by atoms with Crippen molar-refractivity contribution >= 4 is 22.5 Å². The van der Waals surface area contributed by atoms with E-state index in [-0.39, 0.29) is 6.03 Å². The fourth-order valence-electron chi connectivity index (χ4n) is 2.76. The fourth-order valence-corrected chi connectivity index (χ4v) is 3.32. The van der Waals surface area contributed by atoms with Crippen molar-refractivity contribution in [2.75, 3.05) is 18.8 Å². The van der Waals surface area contributed by atoms with Crippen LogP contribution in [0.5, 0.6) is 0 Å². The number of anilines is 1. The Bertz CT molecular complexity index is 708. The SMILES string of the molecule is Cc1ccc(C2(O)CCN(C(=O)NCc3csc(N)n3)CC2)nc1. The van der Waals surface area contributed by atoms with Crippen molar-refractivity contribution in [3.8, 4) is 0 Å². The maximum atomic E-state index is 12.2. The molecule has 1 aliphatic heterocycles. The zero-order valence-corrected chi connectivity index (χ0v) is 14.3. The molecule has 2 amide bonds. The molecule has 0 atom stereocenters. The van der Waals surface area contributed by atoms with Crippen molar-refractivity contribution in [3.05, 3.63) is 40.7 Å². The summed E-state index contributed by atoms with van der Waals surface area (Å²) >= 11 is 1.35. The topological polar surface area (TPSA) is 104 Å². The third-order valence-electron chi connectivity index (χ3n) is 4.26. The van der Waals surface area contributed by atoms with E-state index >= 15 is 0 Å². The highest BCUT2D eigenvalue weighted by atomic mass is 32.1. The summed E-state index contributed by atoms with van der Waals surface area (Å²) in [6.45, 7) is 3.28. The molecule has 1 fully saturated rings. The number of amides is 2. The van der Waals surface area contributed by atoms with Crippen molar-refractivity contribution < 1.29 is 9.90 Å². The predicted molar refractivity (Wildman–Crippen MR) is 92.4 cm³/mol. The second-order valence-corrected chi connectivity index (χ2v) is 6.96. The van der Waals surface area contributed by atoms with E-state index in [1.54, 1.807) is 11.1 Å². The van der Waals surface area contributed by atoms with Crippen LogP contribution in [0.4, 0.5) is 9.93 Å². The van der Waals surface area contributed by atoms with Gasteiger partial charge in [0.05, 0.1) is 17.9 Å². The first-order chi connectivity index (χ1) is 11.5. The number of hydrogen-bond donors (Lipinski definition) is 3. The standard InChI is InChI=1S/C16H21N5O2S/c1-11-2-3-13(18-8-11)16(23)4-6-21(7-5-16)15(22)19-9-12-10-24-14(17)20-12/h2-3,8,10,23H,4-7,9H2,1H3,(H2,17,20)(H,19,22). The maximum Gasteiger partial charge on any atom is 0.317 e. The largest absolute Gasteiger partial charge is 0.383 e. The van der Waals surface area contributed by atoms with Crippen LogP contribution in [0.25, 0.3) is 0 Å². The molecule has 0 spiro atoms. The summed E-state index contributed by atoms with van der Waals surface area (Å²) in [5.74, 6) is 0. The summed E-state index contributed by atoms with van der Waals surface area (Å²) < 4.78 is 0. The van der Waals surface area contributed by atoms with Crippen LogP contribution >= 0.6 is 11.3 Å². The average Bonchev–Trinajstić information content (AvgIpc) is 2.99. The van der Waals surface area contributed by atoms with Crippen molar-refractivity contribution in [3.63, 3.8) is 0 Å². The van der Waals surface area contributed by atoms with Gasteiger partial charge in [0.1, 0.15) is 5.60 Å². The normalized spacial score (nSPS) is 16.8. The predicted octanol–water partition coefficient (Wildman–Crippen LogP) is 1.62. The van der Waals surface area contributed by atoms with Crippen LogP contribution in [0.3, 0.4) is 0 Å². The average molecular weight is 347 g/mol. The molecule has 0 bridgehead atoms. The summed E-state index contributed by atoms with van der Waals surface area (Å²) in [6.07, 6.45) is 2.70. The van der Waals surface area contributed by atoms with Crippen LogP contribution in [0.1, 0.15) is 29.8 Å². The number of nitrogens with one attached hydrogen (secondary N) is 1. The van der Waals surface area contributed by atoms with E-state index in [0.29, 0.717) is 43.3 Å². The molecule has 1 aliphatic rings. The lowest BCUT2D eigenvalue weighted by Crippen LogP contribution is -2.48. The number of nitrogens with two attached hydrogens (primary N) is 1. The van der Waals surface area contributed by atoms with Crippen LogP contribution in [-0.2, 0) is 12.1 Å². The van der Waals surface area contributed by atoms with Gasteiger partial charge in [0.15, 0.2) is 5.13 Å². The highest BCUT2D eigenvalue weighted by Gasteiger charge is 2.36. The molecule has 7 nitrogen and oxygen atoms in total. The van der Waals surface area contributed by atoms with E-state index < -0.39 is 5.60 Å². The minimum absolute atomic E-state index is 0.152. The molecule has 0 aliphatic carbocycles. The van der Waals surface area contributed by atoms with Crippen LogP contribution in [0.15, 0.2) is 23.7 Å². The van der Waals surface area contributed by atoms with E-state index in [1.165, 1.54) is 11.3 Å². The third kappa shape index (κ3) is 3.65. The van der Waals surface area contributed by atoms with Gasteiger partial charge in [-0.2, -0.15) is 0 Å². The monoisotopic (exact) mass is 347 g/mol. The van der Waals surface area contributed by atoms with E-state index in [4.69, 9.17) is 5.73 Å². The Morgan fingerprint density at radius 3 is 2.79 bits per heavy atom. The number of piperidine rings is 1. The van der Waals surface area contributed by atoms with Gasteiger partial charge in [-0.15, -0.1) is 11.3 Å². The van der Waals surface area contributed by atoms with Gasteiger partial charge >= 0.3 is 6.03 Å². The third-order valence-corrected chi connectivity index (χ3v) is 4.98. The van der Waals surface area contributed by atoms with Gasteiger partial charge in [-0.25, -0.2) is 9.78 Å². The second kappa shape index (κ2) is 6.74. The highest BCUT2D eigenvalue weighted by Crippen LogP contribution is 2.31. The number of carbonyl (C=O) groups is 1. The van der Waals surface area contributed by atoms with Crippen LogP contribution < -0.4 is 11.1 Å². The number of rotatable bonds is 3. The minimum Gasteiger partial charge on any atom is -0.383 e. The van der Waals surface area contributed by atoms with Crippen molar-refractivity contribution in [1.82, 2.24) is 20.2 Å². The number of aliphatic hydroxyl groups is 1. The Kier molecular flexibility index (Phi) is 4.68. The molecule has 8 heteroatoms. The lowest BCUT2D eigenvalue weighted by atomic mass is 9.87. The van der Waals surface area contributed by atoms with Gasteiger partial charge in [-0.05, 0) is 31.4 Å². The van der Waals surface area contributed by atoms with Gasteiger partial charge in [-0.1, -0.05) is 6.07 Å². The molecule has 2 aromatic rings. The number of aromatic nitrogens is 2. The molecule has 0 radical (unpaired) electrons. The van der Waals surface area contributed by atoms with Gasteiger partial charge in [-0.3, -0.25) is 4.98 Å². The number of carbonyl (C=O) groups excluding carboxylic acids is 1. The zero-order valence-electron chi connectivity index (χ0n) is 13.5. The van der Waals surface area contributed by atoms with Gasteiger partial charge in [0, 0.05) is 24.7 Å². The first-order valence-corrected chi connectivity index (χ1v) is 8.72. The quantitative estimate of drug-likeness (QED) is 0.783. The van der Waals surface area contributed by atoms with Crippen molar-refractivity contribution in [2.45, 2.75) is 31.9 Å². The first-order valence-electron chi connectivity index (χ1n) is 7.84. The van der Waals surface area contributed by atoms with Gasteiger partial charge < -0.3 is 21.1 Å². The van der Waals surface area contributed by atoms with Crippen molar-refractivity contribution in [2.24, 2.45) is 0 Å². The van der Waals surface area contributed by atoms with Crippen LogP contribution in [0, 0.1) is 6.92 Å². The number of nitrogens with zero attached hydrogens (tertiary/aromatic N) is 3. The molecule has 0 aromatic carbocycles. The number of thiazole rings is 1. The molecular weight excluding hydrogens is 326 g/mol. The van der Waals surface area contributed by atoms with E-state index in [1.807, 2.05) is 24.4 Å². The van der Waals surface area contributed by atoms with Crippen LogP contribution in [0.2, 0.25) is 0 Å². The Hall–Kier alpha value is -2.19. The maximum absolute atomic E-state index is 12.2. The first kappa shape index (κ1) is 16.7. The molecular formula is C16H21N5O2S. The summed E-state index contributed by atoms with van der Waals surface area (Å²) in [5.41, 5.74) is 7.09. The summed E-state index contributed by atoms with van der Waals surface area (Å²) in [6, 6.07) is 3.65. The summed E-state index contributed by atoms with van der Waals surface area (Å²) in [7, 11) is 0. The highest BCUT2D eigenvalue weighted by molar-refractivity contribution is 7.13. The Morgan fingerprint density at radius 2 is 2.21 bits per heavy atom. The van der Waals surface area contributed by atoms with Crippen molar-refractivity contribution in [1.29, 1.82) is 0 Å². The number of pyridine rings is 1. The van der Waals surface area contributed by atoms with E-state index in [9.17, 15) is 9.90 Å². The van der Waals surface area contributed by atoms with Crippen LogP contribution in [-0.4, -0.2) is 39.1 Å². The fraction of sp³-hybridized carbons (Fsp3) is 0.438. The number of likely N-dealkylation sites (tertiary alicyclic amines) is 1. The number of urea groups is 1. The number of nitrogen functional groups attached to an aromatic ring is 1. The lowest BCUT2D eigenvalue weighted by molar-refractivity contribution is -0.0204. The zero-order chi connectivity index (χ0) is 17.2. The molecule has 3 rings (SSSR count). The van der Waals surface area contributed by atoms with E-state index in [2.05, 4.69) is 15.3 Å². The molecule has 24 heavy (non-hydrogen) atoms. The second-order valence-electron chi connectivity index (χ2n) is 6.08. The molecule has 4 N–H and O–H groups in total. The molecule has 2 aromatic heterocycles. The molecule has 128 valence electrons. The smallest absolute Gasteiger partial charge is 0.317 e. The minimum atomic E-state index is -0.964. The van der Waals surface area contributed by atoms with Gasteiger partial charge in [0.2, 0.25) is 0 Å². The molecule has 0 saturated carbocycles.